The van der Waals surface area contributed by atoms with Crippen molar-refractivity contribution in [3.05, 3.63) is 24.0 Å². The Bertz CT molecular complexity index is 297. The number of pyridine rings is 1. The maximum atomic E-state index is 4.16. The molecule has 1 aromatic rings. The Morgan fingerprint density at radius 3 is 2.79 bits per heavy atom. The highest BCUT2D eigenvalue weighted by atomic mass is 32.2. The summed E-state index contributed by atoms with van der Waals surface area (Å²) >= 11 is 1.87. The molecule has 78 valence electrons. The van der Waals surface area contributed by atoms with Crippen molar-refractivity contribution in [3.8, 4) is 0 Å². The number of hydrogen-bond donors (Lipinski definition) is 1. The van der Waals surface area contributed by atoms with Gasteiger partial charge in [0.1, 0.15) is 0 Å². The summed E-state index contributed by atoms with van der Waals surface area (Å²) in [7, 11) is 0. The molecule has 0 fully saturated rings. The highest BCUT2D eigenvalue weighted by Crippen LogP contribution is 2.21. The number of thioether (sulfide) groups is 1. The van der Waals surface area contributed by atoms with Crippen molar-refractivity contribution in [2.24, 2.45) is 0 Å². The van der Waals surface area contributed by atoms with Gasteiger partial charge in [-0.1, -0.05) is 0 Å². The fourth-order valence-electron chi connectivity index (χ4n) is 1.04. The van der Waals surface area contributed by atoms with Gasteiger partial charge >= 0.3 is 0 Å². The number of nitrogens with one attached hydrogen (secondary N) is 1. The van der Waals surface area contributed by atoms with Gasteiger partial charge in [0.05, 0.1) is 0 Å². The van der Waals surface area contributed by atoms with Crippen LogP contribution in [0, 0.1) is 6.92 Å². The molecule has 1 N–H and O–H groups in total. The second kappa shape index (κ2) is 4.69. The number of hydrogen-bond acceptors (Lipinski definition) is 3. The minimum absolute atomic E-state index is 0.275. The van der Waals surface area contributed by atoms with Gasteiger partial charge in [-0.15, -0.1) is 0 Å². The van der Waals surface area contributed by atoms with Crippen LogP contribution in [-0.2, 0) is 0 Å². The Hall–Kier alpha value is -0.700. The summed E-state index contributed by atoms with van der Waals surface area (Å²) in [6.07, 6.45) is 3.98. The summed E-state index contributed by atoms with van der Waals surface area (Å²) in [5.74, 6) is 0. The van der Waals surface area contributed by atoms with Crippen LogP contribution in [0.5, 0.6) is 0 Å². The molecule has 0 aliphatic heterocycles. The fourth-order valence-corrected chi connectivity index (χ4v) is 1.26. The number of rotatable bonds is 4. The van der Waals surface area contributed by atoms with Gasteiger partial charge in [0, 0.05) is 28.9 Å². The van der Waals surface area contributed by atoms with Crippen LogP contribution in [0.4, 0.5) is 5.69 Å². The molecule has 0 aliphatic rings. The average Bonchev–Trinajstić information content (AvgIpc) is 2.15. The zero-order valence-electron chi connectivity index (χ0n) is 9.29. The fraction of sp³-hybridized carbons (Fsp3) is 0.545. The molecule has 1 heterocycles. The van der Waals surface area contributed by atoms with Crippen LogP contribution in [0.2, 0.25) is 0 Å². The molecular formula is C11H18N2S. The normalized spacial score (nSPS) is 11.4. The van der Waals surface area contributed by atoms with E-state index in [2.05, 4.69) is 36.5 Å². The summed E-state index contributed by atoms with van der Waals surface area (Å²) in [4.78, 5) is 4.16. The quantitative estimate of drug-likeness (QED) is 0.827. The first kappa shape index (κ1) is 11.4. The number of aromatic nitrogens is 1. The lowest BCUT2D eigenvalue weighted by molar-refractivity contribution is 0.752. The molecule has 1 rings (SSSR count). The van der Waals surface area contributed by atoms with E-state index in [4.69, 9.17) is 0 Å². The summed E-state index contributed by atoms with van der Waals surface area (Å²) in [5.41, 5.74) is 2.21. The first-order valence-electron chi connectivity index (χ1n) is 4.75. The van der Waals surface area contributed by atoms with E-state index in [1.165, 1.54) is 0 Å². The van der Waals surface area contributed by atoms with Gasteiger partial charge < -0.3 is 5.32 Å². The van der Waals surface area contributed by atoms with E-state index >= 15 is 0 Å². The SMILES string of the molecule is CSC(C)(C)CNc1ccnc(C)c1. The van der Waals surface area contributed by atoms with E-state index in [9.17, 15) is 0 Å². The predicted molar refractivity (Wildman–Crippen MR) is 65.1 cm³/mol. The van der Waals surface area contributed by atoms with Gasteiger partial charge in [-0.05, 0) is 39.2 Å². The molecule has 2 nitrogen and oxygen atoms in total. The molecular weight excluding hydrogens is 192 g/mol. The van der Waals surface area contributed by atoms with Crippen LogP contribution in [0.15, 0.2) is 18.3 Å². The molecule has 0 aliphatic carbocycles. The van der Waals surface area contributed by atoms with E-state index in [1.54, 1.807) is 0 Å². The number of anilines is 1. The van der Waals surface area contributed by atoms with Gasteiger partial charge in [-0.25, -0.2) is 0 Å². The van der Waals surface area contributed by atoms with E-state index in [0.717, 1.165) is 17.9 Å². The van der Waals surface area contributed by atoms with Crippen molar-refractivity contribution in [1.29, 1.82) is 0 Å². The third kappa shape index (κ3) is 3.58. The number of aryl methyl sites for hydroxylation is 1. The Balaban J connectivity index is 2.54. The first-order valence-corrected chi connectivity index (χ1v) is 5.98. The second-order valence-electron chi connectivity index (χ2n) is 4.00. The molecule has 0 unspecified atom stereocenters. The van der Waals surface area contributed by atoms with Crippen molar-refractivity contribution >= 4 is 17.4 Å². The van der Waals surface area contributed by atoms with Crippen LogP contribution < -0.4 is 5.32 Å². The lowest BCUT2D eigenvalue weighted by atomic mass is 10.2. The van der Waals surface area contributed by atoms with Crippen molar-refractivity contribution in [1.82, 2.24) is 4.98 Å². The molecule has 14 heavy (non-hydrogen) atoms. The largest absolute Gasteiger partial charge is 0.384 e. The van der Waals surface area contributed by atoms with Gasteiger partial charge in [0.25, 0.3) is 0 Å². The smallest absolute Gasteiger partial charge is 0.0393 e. The summed E-state index contributed by atoms with van der Waals surface area (Å²) in [6.45, 7) is 7.44. The van der Waals surface area contributed by atoms with Crippen molar-refractivity contribution in [3.63, 3.8) is 0 Å². The maximum absolute atomic E-state index is 4.16. The summed E-state index contributed by atoms with van der Waals surface area (Å²) in [6, 6.07) is 4.07. The molecule has 0 bridgehead atoms. The molecule has 0 radical (unpaired) electrons. The Morgan fingerprint density at radius 1 is 1.50 bits per heavy atom. The van der Waals surface area contributed by atoms with E-state index < -0.39 is 0 Å². The molecule has 0 saturated heterocycles. The van der Waals surface area contributed by atoms with Crippen LogP contribution in [0.25, 0.3) is 0 Å². The average molecular weight is 210 g/mol. The molecule has 0 spiro atoms. The van der Waals surface area contributed by atoms with E-state index in [0.29, 0.717) is 0 Å². The number of nitrogens with zero attached hydrogens (tertiary/aromatic N) is 1. The molecule has 0 saturated carbocycles. The topological polar surface area (TPSA) is 24.9 Å². The van der Waals surface area contributed by atoms with Gasteiger partial charge in [0.2, 0.25) is 0 Å². The summed E-state index contributed by atoms with van der Waals surface area (Å²) in [5, 5.41) is 3.42. The zero-order valence-corrected chi connectivity index (χ0v) is 10.1. The van der Waals surface area contributed by atoms with Gasteiger partial charge in [0.15, 0.2) is 0 Å². The highest BCUT2D eigenvalue weighted by Gasteiger charge is 2.14. The molecule has 0 atom stereocenters. The minimum atomic E-state index is 0.275. The van der Waals surface area contributed by atoms with Gasteiger partial charge in [-0.2, -0.15) is 11.8 Å². The maximum Gasteiger partial charge on any atom is 0.0393 e. The Morgan fingerprint density at radius 2 is 2.21 bits per heavy atom. The van der Waals surface area contributed by atoms with Crippen molar-refractivity contribution in [2.75, 3.05) is 18.1 Å². The standard InChI is InChI=1S/C11H18N2S/c1-9-7-10(5-6-12-9)13-8-11(2,3)14-4/h5-7H,8H2,1-4H3,(H,12,13). The predicted octanol–water partition coefficient (Wildman–Crippen LogP) is 2.94. The van der Waals surface area contributed by atoms with Crippen LogP contribution in [0.1, 0.15) is 19.5 Å². The molecule has 1 aromatic heterocycles. The van der Waals surface area contributed by atoms with Crippen LogP contribution in [-0.4, -0.2) is 22.5 Å². The highest BCUT2D eigenvalue weighted by molar-refractivity contribution is 7.99. The molecule has 0 amide bonds. The van der Waals surface area contributed by atoms with E-state index in [-0.39, 0.29) is 4.75 Å². The summed E-state index contributed by atoms with van der Waals surface area (Å²) < 4.78 is 0.275. The van der Waals surface area contributed by atoms with E-state index in [1.807, 2.05) is 30.9 Å². The minimum Gasteiger partial charge on any atom is -0.384 e. The third-order valence-electron chi connectivity index (χ3n) is 2.17. The second-order valence-corrected chi connectivity index (χ2v) is 5.52. The van der Waals surface area contributed by atoms with Crippen molar-refractivity contribution < 1.29 is 0 Å². The zero-order chi connectivity index (χ0) is 10.6. The Kier molecular flexibility index (Phi) is 3.81. The lowest BCUT2D eigenvalue weighted by Gasteiger charge is -2.22. The lowest BCUT2D eigenvalue weighted by Crippen LogP contribution is -2.25. The molecule has 3 heteroatoms. The van der Waals surface area contributed by atoms with Crippen LogP contribution in [0.3, 0.4) is 0 Å². The molecule has 0 aromatic carbocycles. The monoisotopic (exact) mass is 210 g/mol. The van der Waals surface area contributed by atoms with Crippen LogP contribution >= 0.6 is 11.8 Å². The first-order chi connectivity index (χ1) is 6.53. The van der Waals surface area contributed by atoms with Crippen molar-refractivity contribution in [2.45, 2.75) is 25.5 Å². The van der Waals surface area contributed by atoms with Gasteiger partial charge in [-0.3, -0.25) is 4.98 Å². The third-order valence-corrected chi connectivity index (χ3v) is 3.42. The Labute approximate surface area is 90.5 Å².